The van der Waals surface area contributed by atoms with Gasteiger partial charge >= 0.3 is 0 Å². The van der Waals surface area contributed by atoms with Crippen molar-refractivity contribution in [3.8, 4) is 11.5 Å². The normalized spacial score (nSPS) is 17.5. The van der Waals surface area contributed by atoms with E-state index in [1.54, 1.807) is 18.2 Å². The molecule has 1 aromatic heterocycles. The topological polar surface area (TPSA) is 76.1 Å². The van der Waals surface area contributed by atoms with Gasteiger partial charge in [0.1, 0.15) is 23.3 Å². The number of nitrogens with zero attached hydrogens (tertiary/aromatic N) is 1. The molecule has 1 fully saturated rings. The van der Waals surface area contributed by atoms with E-state index in [9.17, 15) is 14.7 Å². The number of carbonyl (C=O) groups excluding carboxylic acids is 2. The van der Waals surface area contributed by atoms with E-state index >= 15 is 0 Å². The predicted molar refractivity (Wildman–Crippen MR) is 129 cm³/mol. The Hall–Kier alpha value is -3.58. The minimum atomic E-state index is -0.761. The molecule has 0 saturated carbocycles. The van der Waals surface area contributed by atoms with Gasteiger partial charge in [-0.3, -0.25) is 14.5 Å². The zero-order valence-electron chi connectivity index (χ0n) is 19.1. The van der Waals surface area contributed by atoms with Gasteiger partial charge in [-0.25, -0.2) is 0 Å². The molecule has 3 aromatic rings. The Labute approximate surface area is 196 Å². The summed E-state index contributed by atoms with van der Waals surface area (Å²) in [5, 5.41) is 13.3. The van der Waals surface area contributed by atoms with Crippen LogP contribution in [0.5, 0.6) is 11.5 Å². The molecule has 6 nitrogen and oxygen atoms in total. The molecule has 1 atom stereocenters. The molecule has 1 aliphatic rings. The summed E-state index contributed by atoms with van der Waals surface area (Å²) in [6.45, 7) is 5.88. The van der Waals surface area contributed by atoms with Crippen LogP contribution in [0.25, 0.3) is 5.76 Å². The highest BCUT2D eigenvalue weighted by Gasteiger charge is 2.48. The number of aliphatic hydroxyl groups is 1. The molecule has 2 heterocycles. The van der Waals surface area contributed by atoms with Gasteiger partial charge in [0.2, 0.25) is 0 Å². The molecule has 1 saturated heterocycles. The molecular formula is C26H25NO5S. The Morgan fingerprint density at radius 1 is 0.939 bits per heavy atom. The third-order valence-electron chi connectivity index (χ3n) is 6.02. The van der Waals surface area contributed by atoms with E-state index in [2.05, 4.69) is 0 Å². The second-order valence-corrected chi connectivity index (χ2v) is 8.92. The number of Topliss-reactive ketones (excluding diaryl/α,β-unsaturated/α-hetero) is 1. The Morgan fingerprint density at radius 2 is 1.70 bits per heavy atom. The first kappa shape index (κ1) is 22.6. The maximum atomic E-state index is 13.4. The smallest absolute Gasteiger partial charge is 0.300 e. The van der Waals surface area contributed by atoms with Crippen LogP contribution in [0.3, 0.4) is 0 Å². The molecule has 0 spiro atoms. The van der Waals surface area contributed by atoms with Crippen molar-refractivity contribution in [1.82, 2.24) is 0 Å². The number of hydrogen-bond donors (Lipinski definition) is 1. The summed E-state index contributed by atoms with van der Waals surface area (Å²) >= 11 is 1.44. The standard InChI is InChI=1S/C26H25NO5S/c1-14-6-7-17(12-16(14)3)27-22(25-15(2)10-11-33-25)21(24(29)26(27)30)23(28)19-13-18(31-4)8-9-20(19)32-5/h6-13,22,28H,1-5H3/b23-21-. The SMILES string of the molecule is COc1ccc(OC)c(/C(O)=C2/C(=O)C(=O)N(c3ccc(C)c(C)c3)C2c2sccc2C)c1. The van der Waals surface area contributed by atoms with Gasteiger partial charge in [0.05, 0.1) is 25.4 Å². The Balaban J connectivity index is 1.99. The maximum absolute atomic E-state index is 13.4. The van der Waals surface area contributed by atoms with E-state index in [4.69, 9.17) is 9.47 Å². The van der Waals surface area contributed by atoms with Crippen molar-refractivity contribution in [2.75, 3.05) is 19.1 Å². The van der Waals surface area contributed by atoms with Crippen molar-refractivity contribution in [2.24, 2.45) is 0 Å². The number of rotatable bonds is 5. The minimum absolute atomic E-state index is 0.0235. The van der Waals surface area contributed by atoms with E-state index in [-0.39, 0.29) is 16.9 Å². The van der Waals surface area contributed by atoms with E-state index in [1.807, 2.05) is 50.4 Å². The molecule has 0 radical (unpaired) electrons. The molecule has 33 heavy (non-hydrogen) atoms. The fourth-order valence-electron chi connectivity index (χ4n) is 4.03. The third-order valence-corrected chi connectivity index (χ3v) is 7.10. The van der Waals surface area contributed by atoms with E-state index in [1.165, 1.54) is 30.5 Å². The highest BCUT2D eigenvalue weighted by molar-refractivity contribution is 7.10. The second-order valence-electron chi connectivity index (χ2n) is 7.97. The average molecular weight is 464 g/mol. The molecule has 7 heteroatoms. The number of ketones is 1. The zero-order valence-corrected chi connectivity index (χ0v) is 19.9. The van der Waals surface area contributed by atoms with Crippen molar-refractivity contribution in [2.45, 2.75) is 26.8 Å². The number of carbonyl (C=O) groups is 2. The molecule has 1 aliphatic heterocycles. The number of aliphatic hydroxyl groups excluding tert-OH is 1. The van der Waals surface area contributed by atoms with E-state index < -0.39 is 17.7 Å². The summed E-state index contributed by atoms with van der Waals surface area (Å²) in [6.07, 6.45) is 0. The number of thiophene rings is 1. The second kappa shape index (κ2) is 8.75. The minimum Gasteiger partial charge on any atom is -0.507 e. The molecule has 4 rings (SSSR count). The molecule has 1 unspecified atom stereocenters. The van der Waals surface area contributed by atoms with Gasteiger partial charge in [-0.2, -0.15) is 0 Å². The lowest BCUT2D eigenvalue weighted by atomic mass is 9.97. The fourth-order valence-corrected chi connectivity index (χ4v) is 5.06. The molecule has 0 aliphatic carbocycles. The van der Waals surface area contributed by atoms with Crippen LogP contribution in [0.4, 0.5) is 5.69 Å². The first-order chi connectivity index (χ1) is 15.8. The number of amides is 1. The van der Waals surface area contributed by atoms with Crippen LogP contribution in [0.2, 0.25) is 0 Å². The highest BCUT2D eigenvalue weighted by atomic mass is 32.1. The van der Waals surface area contributed by atoms with Crippen molar-refractivity contribution in [3.05, 3.63) is 80.5 Å². The third kappa shape index (κ3) is 3.78. The summed E-state index contributed by atoms with van der Waals surface area (Å²) in [7, 11) is 2.99. The fraction of sp³-hybridized carbons (Fsp3) is 0.231. The molecule has 1 N–H and O–H groups in total. The lowest BCUT2D eigenvalue weighted by Gasteiger charge is -2.25. The van der Waals surface area contributed by atoms with Crippen LogP contribution < -0.4 is 14.4 Å². The lowest BCUT2D eigenvalue weighted by Crippen LogP contribution is -2.29. The molecule has 1 amide bonds. The van der Waals surface area contributed by atoms with Crippen molar-refractivity contribution in [3.63, 3.8) is 0 Å². The van der Waals surface area contributed by atoms with Gasteiger partial charge in [-0.1, -0.05) is 6.07 Å². The van der Waals surface area contributed by atoms with Gasteiger partial charge in [0, 0.05) is 10.6 Å². The zero-order chi connectivity index (χ0) is 23.9. The lowest BCUT2D eigenvalue weighted by molar-refractivity contribution is -0.132. The summed E-state index contributed by atoms with van der Waals surface area (Å²) < 4.78 is 10.7. The first-order valence-corrected chi connectivity index (χ1v) is 11.3. The first-order valence-electron chi connectivity index (χ1n) is 10.4. The number of anilines is 1. The largest absolute Gasteiger partial charge is 0.507 e. The van der Waals surface area contributed by atoms with Crippen molar-refractivity contribution >= 4 is 34.5 Å². The Kier molecular flexibility index (Phi) is 5.99. The molecule has 2 aromatic carbocycles. The summed E-state index contributed by atoms with van der Waals surface area (Å²) in [4.78, 5) is 29.0. The molecule has 170 valence electrons. The van der Waals surface area contributed by atoms with Crippen LogP contribution in [0, 0.1) is 20.8 Å². The van der Waals surface area contributed by atoms with Crippen LogP contribution in [0.15, 0.2) is 53.4 Å². The van der Waals surface area contributed by atoms with E-state index in [0.717, 1.165) is 21.6 Å². The monoisotopic (exact) mass is 463 g/mol. The van der Waals surface area contributed by atoms with Gasteiger partial charge < -0.3 is 14.6 Å². The van der Waals surface area contributed by atoms with Gasteiger partial charge in [0.15, 0.2) is 0 Å². The number of ether oxygens (including phenoxy) is 2. The van der Waals surface area contributed by atoms with Gasteiger partial charge in [-0.15, -0.1) is 11.3 Å². The Bertz CT molecular complexity index is 1290. The highest BCUT2D eigenvalue weighted by Crippen LogP contribution is 2.46. The van der Waals surface area contributed by atoms with Crippen LogP contribution in [-0.4, -0.2) is 31.0 Å². The van der Waals surface area contributed by atoms with Crippen LogP contribution in [0.1, 0.15) is 33.2 Å². The van der Waals surface area contributed by atoms with Crippen LogP contribution in [-0.2, 0) is 9.59 Å². The van der Waals surface area contributed by atoms with Gasteiger partial charge in [-0.05, 0) is 79.2 Å². The summed E-state index contributed by atoms with van der Waals surface area (Å²) in [6, 6.07) is 11.8. The number of hydrogen-bond acceptors (Lipinski definition) is 6. The average Bonchev–Trinajstić information content (AvgIpc) is 3.35. The van der Waals surface area contributed by atoms with Crippen molar-refractivity contribution in [1.29, 1.82) is 0 Å². The molecular weight excluding hydrogens is 438 g/mol. The Morgan fingerprint density at radius 3 is 2.30 bits per heavy atom. The number of aryl methyl sites for hydroxylation is 3. The van der Waals surface area contributed by atoms with Gasteiger partial charge in [0.25, 0.3) is 11.7 Å². The predicted octanol–water partition coefficient (Wildman–Crippen LogP) is 5.32. The van der Waals surface area contributed by atoms with E-state index in [0.29, 0.717) is 17.2 Å². The number of benzene rings is 2. The maximum Gasteiger partial charge on any atom is 0.300 e. The van der Waals surface area contributed by atoms with Crippen LogP contribution >= 0.6 is 11.3 Å². The quantitative estimate of drug-likeness (QED) is 0.315. The number of methoxy groups -OCH3 is 2. The summed E-state index contributed by atoms with van der Waals surface area (Å²) in [5.74, 6) is -0.863. The molecule has 0 bridgehead atoms. The summed E-state index contributed by atoms with van der Waals surface area (Å²) in [5.41, 5.74) is 3.94. The van der Waals surface area contributed by atoms with Crippen molar-refractivity contribution < 1.29 is 24.2 Å².